The van der Waals surface area contributed by atoms with Crippen LogP contribution in [0.1, 0.15) is 33.3 Å². The second-order valence-corrected chi connectivity index (χ2v) is 5.42. The van der Waals surface area contributed by atoms with Crippen molar-refractivity contribution in [3.05, 3.63) is 45.7 Å². The zero-order valence-electron chi connectivity index (χ0n) is 11.6. The van der Waals surface area contributed by atoms with Crippen LogP contribution in [0.25, 0.3) is 0 Å². The lowest BCUT2D eigenvalue weighted by Crippen LogP contribution is -2.13. The molecule has 1 heterocycles. The number of aryl methyl sites for hydroxylation is 2. The highest BCUT2D eigenvalue weighted by Gasteiger charge is 2.15. The molecule has 0 aliphatic heterocycles. The van der Waals surface area contributed by atoms with E-state index in [1.165, 1.54) is 12.1 Å². The number of carboxylic acid groups (broad SMARTS) is 1. The highest BCUT2D eigenvalue weighted by atomic mass is 79.9. The average molecular weight is 352 g/mol. The van der Waals surface area contributed by atoms with Crippen molar-refractivity contribution in [2.75, 3.05) is 5.32 Å². The third-order valence-corrected chi connectivity index (χ3v) is 3.35. The van der Waals surface area contributed by atoms with Crippen molar-refractivity contribution in [3.63, 3.8) is 0 Å². The van der Waals surface area contributed by atoms with Crippen molar-refractivity contribution in [1.82, 2.24) is 9.78 Å². The largest absolute Gasteiger partial charge is 0.478 e. The van der Waals surface area contributed by atoms with E-state index in [1.807, 2.05) is 6.92 Å². The lowest BCUT2D eigenvalue weighted by molar-refractivity contribution is 0.0696. The van der Waals surface area contributed by atoms with Crippen LogP contribution in [0.2, 0.25) is 0 Å². The first-order valence-corrected chi connectivity index (χ1v) is 7.07. The van der Waals surface area contributed by atoms with Crippen molar-refractivity contribution in [3.8, 4) is 0 Å². The number of rotatable bonds is 4. The van der Waals surface area contributed by atoms with E-state index in [1.54, 1.807) is 24.0 Å². The first kappa shape index (κ1) is 15.2. The minimum atomic E-state index is -1.05. The Morgan fingerprint density at radius 2 is 2.10 bits per heavy atom. The number of nitrogens with one attached hydrogen (secondary N) is 1. The van der Waals surface area contributed by atoms with Gasteiger partial charge in [-0.05, 0) is 24.6 Å². The SMILES string of the molecule is CCc1nn(C)cc1C(=O)Nc1cc(Br)cc(C(=O)O)c1. The lowest BCUT2D eigenvalue weighted by Gasteiger charge is -2.07. The maximum Gasteiger partial charge on any atom is 0.335 e. The van der Waals surface area contributed by atoms with Crippen LogP contribution in [-0.2, 0) is 13.5 Å². The van der Waals surface area contributed by atoms with Gasteiger partial charge in [-0.3, -0.25) is 9.48 Å². The number of hydrogen-bond donors (Lipinski definition) is 2. The molecule has 0 fully saturated rings. The van der Waals surface area contributed by atoms with Gasteiger partial charge >= 0.3 is 5.97 Å². The van der Waals surface area contributed by atoms with Crippen LogP contribution in [0, 0.1) is 0 Å². The van der Waals surface area contributed by atoms with E-state index in [4.69, 9.17) is 5.11 Å². The molecule has 0 aliphatic carbocycles. The number of carboxylic acids is 1. The summed E-state index contributed by atoms with van der Waals surface area (Å²) in [5, 5.41) is 15.9. The van der Waals surface area contributed by atoms with Crippen LogP contribution in [0.5, 0.6) is 0 Å². The zero-order chi connectivity index (χ0) is 15.6. The molecule has 2 rings (SSSR count). The Labute approximate surface area is 129 Å². The molecule has 0 saturated carbocycles. The van der Waals surface area contributed by atoms with Gasteiger partial charge in [0.1, 0.15) is 0 Å². The Hall–Kier alpha value is -2.15. The minimum Gasteiger partial charge on any atom is -0.478 e. The highest BCUT2D eigenvalue weighted by molar-refractivity contribution is 9.10. The highest BCUT2D eigenvalue weighted by Crippen LogP contribution is 2.21. The van der Waals surface area contributed by atoms with Gasteiger partial charge in [0, 0.05) is 23.4 Å². The van der Waals surface area contributed by atoms with Gasteiger partial charge in [-0.2, -0.15) is 5.10 Å². The average Bonchev–Trinajstić information content (AvgIpc) is 2.79. The Balaban J connectivity index is 2.29. The summed E-state index contributed by atoms with van der Waals surface area (Å²) in [5.74, 6) is -1.36. The van der Waals surface area contributed by atoms with Crippen LogP contribution in [0.4, 0.5) is 5.69 Å². The van der Waals surface area contributed by atoms with Gasteiger partial charge in [-0.25, -0.2) is 4.79 Å². The van der Waals surface area contributed by atoms with Gasteiger partial charge in [-0.1, -0.05) is 22.9 Å². The summed E-state index contributed by atoms with van der Waals surface area (Å²) >= 11 is 3.23. The van der Waals surface area contributed by atoms with Crippen LogP contribution >= 0.6 is 15.9 Å². The molecule has 2 N–H and O–H groups in total. The monoisotopic (exact) mass is 351 g/mol. The number of halogens is 1. The molecule has 0 unspecified atom stereocenters. The summed E-state index contributed by atoms with van der Waals surface area (Å²) in [5.41, 5.74) is 1.69. The summed E-state index contributed by atoms with van der Waals surface area (Å²) in [4.78, 5) is 23.3. The molecule has 0 saturated heterocycles. The van der Waals surface area contributed by atoms with E-state index in [0.717, 1.165) is 0 Å². The number of carbonyl (C=O) groups is 2. The fourth-order valence-electron chi connectivity index (χ4n) is 1.97. The molecule has 0 bridgehead atoms. The molecule has 0 aliphatic rings. The summed E-state index contributed by atoms with van der Waals surface area (Å²) in [6.45, 7) is 1.92. The van der Waals surface area contributed by atoms with E-state index < -0.39 is 5.97 Å². The number of carbonyl (C=O) groups excluding carboxylic acids is 1. The van der Waals surface area contributed by atoms with Gasteiger partial charge in [0.2, 0.25) is 0 Å². The fraction of sp³-hybridized carbons (Fsp3) is 0.214. The van der Waals surface area contributed by atoms with Gasteiger partial charge in [0.05, 0.1) is 16.8 Å². The van der Waals surface area contributed by atoms with Gasteiger partial charge in [0.15, 0.2) is 0 Å². The van der Waals surface area contributed by atoms with E-state index in [9.17, 15) is 9.59 Å². The number of aromatic carboxylic acids is 1. The molecule has 0 radical (unpaired) electrons. The molecule has 2 aromatic rings. The van der Waals surface area contributed by atoms with Crippen LogP contribution in [0.3, 0.4) is 0 Å². The van der Waals surface area contributed by atoms with Crippen LogP contribution in [-0.4, -0.2) is 26.8 Å². The van der Waals surface area contributed by atoms with Crippen LogP contribution < -0.4 is 5.32 Å². The predicted octanol–water partition coefficient (Wildman–Crippen LogP) is 2.70. The first-order valence-electron chi connectivity index (χ1n) is 6.28. The Morgan fingerprint density at radius 3 is 2.71 bits per heavy atom. The summed E-state index contributed by atoms with van der Waals surface area (Å²) in [6.07, 6.45) is 2.28. The topological polar surface area (TPSA) is 84.2 Å². The first-order chi connectivity index (χ1) is 9.90. The number of aromatic nitrogens is 2. The second-order valence-electron chi connectivity index (χ2n) is 4.50. The summed E-state index contributed by atoms with van der Waals surface area (Å²) in [6, 6.07) is 4.53. The normalized spacial score (nSPS) is 10.4. The van der Waals surface area contributed by atoms with Gasteiger partial charge in [-0.15, -0.1) is 0 Å². The Kier molecular flexibility index (Phi) is 4.42. The number of nitrogens with zero attached hydrogens (tertiary/aromatic N) is 2. The van der Waals surface area contributed by atoms with Gasteiger partial charge in [0.25, 0.3) is 5.91 Å². The third kappa shape index (κ3) is 3.49. The Morgan fingerprint density at radius 1 is 1.38 bits per heavy atom. The van der Waals surface area contributed by atoms with E-state index in [0.29, 0.717) is 27.8 Å². The molecule has 7 heteroatoms. The van der Waals surface area contributed by atoms with E-state index in [2.05, 4.69) is 26.3 Å². The molecule has 1 aromatic carbocycles. The zero-order valence-corrected chi connectivity index (χ0v) is 13.1. The maximum atomic E-state index is 12.3. The number of hydrogen-bond acceptors (Lipinski definition) is 3. The van der Waals surface area contributed by atoms with Crippen molar-refractivity contribution in [2.24, 2.45) is 7.05 Å². The number of anilines is 1. The lowest BCUT2D eigenvalue weighted by atomic mass is 10.1. The van der Waals surface area contributed by atoms with Crippen LogP contribution in [0.15, 0.2) is 28.9 Å². The molecule has 0 spiro atoms. The number of amides is 1. The predicted molar refractivity (Wildman–Crippen MR) is 81.6 cm³/mol. The van der Waals surface area contributed by atoms with Crippen molar-refractivity contribution in [2.45, 2.75) is 13.3 Å². The minimum absolute atomic E-state index is 0.0987. The van der Waals surface area contributed by atoms with E-state index in [-0.39, 0.29) is 11.5 Å². The molecule has 21 heavy (non-hydrogen) atoms. The van der Waals surface area contributed by atoms with E-state index >= 15 is 0 Å². The molecular formula is C14H14BrN3O3. The summed E-state index contributed by atoms with van der Waals surface area (Å²) < 4.78 is 2.16. The third-order valence-electron chi connectivity index (χ3n) is 2.89. The van der Waals surface area contributed by atoms with Crippen molar-refractivity contribution < 1.29 is 14.7 Å². The second kappa shape index (κ2) is 6.09. The number of benzene rings is 1. The van der Waals surface area contributed by atoms with Crippen molar-refractivity contribution >= 4 is 33.5 Å². The Bertz CT molecular complexity index is 709. The maximum absolute atomic E-state index is 12.3. The molecule has 0 atom stereocenters. The molecule has 1 aromatic heterocycles. The fourth-order valence-corrected chi connectivity index (χ4v) is 2.46. The molecule has 1 amide bonds. The smallest absolute Gasteiger partial charge is 0.335 e. The summed E-state index contributed by atoms with van der Waals surface area (Å²) in [7, 11) is 1.75. The quantitative estimate of drug-likeness (QED) is 0.886. The van der Waals surface area contributed by atoms with Crippen molar-refractivity contribution in [1.29, 1.82) is 0 Å². The standard InChI is InChI=1S/C14H14BrN3O3/c1-3-12-11(7-18(2)17-12)13(19)16-10-5-8(14(20)21)4-9(15)6-10/h4-7H,3H2,1-2H3,(H,16,19)(H,20,21). The molecular weight excluding hydrogens is 338 g/mol. The molecule has 110 valence electrons. The van der Waals surface area contributed by atoms with Gasteiger partial charge < -0.3 is 10.4 Å². The molecule has 6 nitrogen and oxygen atoms in total.